The molecular weight excluding hydrogens is 366 g/mol. The van der Waals surface area contributed by atoms with Gasteiger partial charge < -0.3 is 25.1 Å². The van der Waals surface area contributed by atoms with Gasteiger partial charge in [-0.15, -0.1) is 16.9 Å². The summed E-state index contributed by atoms with van der Waals surface area (Å²) in [5, 5.41) is 15.7. The van der Waals surface area contributed by atoms with Crippen LogP contribution in [0.1, 0.15) is 0 Å². The highest BCUT2D eigenvalue weighted by Gasteiger charge is 2.21. The van der Waals surface area contributed by atoms with Crippen molar-refractivity contribution in [2.45, 2.75) is 5.50 Å². The van der Waals surface area contributed by atoms with Crippen LogP contribution in [-0.4, -0.2) is 28.9 Å². The Kier molecular flexibility index (Phi) is 3.86. The van der Waals surface area contributed by atoms with Crippen molar-refractivity contribution in [3.8, 4) is 11.5 Å². The quantitative estimate of drug-likeness (QED) is 0.633. The smallest absolute Gasteiger partial charge is 0.234 e. The fraction of sp³-hybridized carbons (Fsp3) is 0.167. The largest absolute Gasteiger partial charge is 0.454 e. The third kappa shape index (κ3) is 3.06. The second kappa shape index (κ2) is 6.51. The van der Waals surface area contributed by atoms with Crippen molar-refractivity contribution in [2.24, 2.45) is 10.2 Å². The lowest BCUT2D eigenvalue weighted by atomic mass is 10.2. The molecular formula is C18H15N5O3S. The molecule has 27 heavy (non-hydrogen) atoms. The summed E-state index contributed by atoms with van der Waals surface area (Å²) in [4.78, 5) is 15.5. The number of benzene rings is 2. The number of amides is 1. The van der Waals surface area contributed by atoms with Gasteiger partial charge in [-0.1, -0.05) is 18.2 Å². The van der Waals surface area contributed by atoms with Gasteiger partial charge in [0.05, 0.1) is 5.75 Å². The highest BCUT2D eigenvalue weighted by Crippen LogP contribution is 2.39. The molecule has 2 aromatic carbocycles. The molecule has 136 valence electrons. The summed E-state index contributed by atoms with van der Waals surface area (Å²) in [6, 6.07) is 13.2. The second-order valence-electron chi connectivity index (χ2n) is 6.03. The normalized spacial score (nSPS) is 16.8. The topological polar surface area (TPSA) is 100 Å². The van der Waals surface area contributed by atoms with E-state index in [-0.39, 0.29) is 24.0 Å². The number of rotatable bonds is 4. The molecule has 5 rings (SSSR count). The van der Waals surface area contributed by atoms with E-state index in [0.717, 1.165) is 22.4 Å². The van der Waals surface area contributed by atoms with Crippen molar-refractivity contribution in [1.82, 2.24) is 4.98 Å². The molecule has 0 bridgehead atoms. The summed E-state index contributed by atoms with van der Waals surface area (Å²) in [6.45, 7) is 0.205. The van der Waals surface area contributed by atoms with E-state index in [2.05, 4.69) is 25.8 Å². The van der Waals surface area contributed by atoms with Crippen LogP contribution in [-0.2, 0) is 4.79 Å². The number of carbonyl (C=O) groups is 1. The third-order valence-corrected chi connectivity index (χ3v) is 5.19. The first-order valence-electron chi connectivity index (χ1n) is 8.35. The van der Waals surface area contributed by atoms with E-state index in [1.54, 1.807) is 18.2 Å². The molecule has 1 amide bonds. The van der Waals surface area contributed by atoms with Gasteiger partial charge in [0.1, 0.15) is 11.5 Å². The van der Waals surface area contributed by atoms with Crippen molar-refractivity contribution >= 4 is 45.8 Å². The van der Waals surface area contributed by atoms with Gasteiger partial charge in [-0.2, -0.15) is 5.11 Å². The molecule has 3 aromatic rings. The molecule has 1 atom stereocenters. The van der Waals surface area contributed by atoms with Crippen molar-refractivity contribution in [3.05, 3.63) is 42.5 Å². The zero-order chi connectivity index (χ0) is 18.2. The number of ether oxygens (including phenoxy) is 2. The molecule has 8 nitrogen and oxygen atoms in total. The first kappa shape index (κ1) is 16.0. The Balaban J connectivity index is 1.20. The van der Waals surface area contributed by atoms with E-state index in [1.807, 2.05) is 24.3 Å². The lowest BCUT2D eigenvalue weighted by molar-refractivity contribution is -0.113. The van der Waals surface area contributed by atoms with Gasteiger partial charge in [-0.3, -0.25) is 4.79 Å². The average Bonchev–Trinajstić information content (AvgIpc) is 3.29. The minimum absolute atomic E-state index is 0.127. The van der Waals surface area contributed by atoms with E-state index in [4.69, 9.17) is 9.47 Å². The van der Waals surface area contributed by atoms with Crippen LogP contribution in [0.15, 0.2) is 52.7 Å². The van der Waals surface area contributed by atoms with E-state index in [1.165, 1.54) is 11.8 Å². The lowest BCUT2D eigenvalue weighted by Crippen LogP contribution is -2.20. The van der Waals surface area contributed by atoms with Crippen LogP contribution in [0.4, 0.5) is 17.2 Å². The van der Waals surface area contributed by atoms with E-state index in [9.17, 15) is 4.79 Å². The Morgan fingerprint density at radius 2 is 2.11 bits per heavy atom. The standard InChI is InChI=1S/C18H15N5O3S/c24-15(19-10-5-6-13-14(7-10)26-9-25-13)8-27-18-21-17-16(22-23-18)11-3-1-2-4-12(11)20-17/h1-7,18,20-21H,8-9H2,(H,19,24)/t18-/m1/s1. The van der Waals surface area contributed by atoms with Gasteiger partial charge in [0, 0.05) is 22.7 Å². The summed E-state index contributed by atoms with van der Waals surface area (Å²) in [6.07, 6.45) is 0. The van der Waals surface area contributed by atoms with Crippen molar-refractivity contribution < 1.29 is 14.3 Å². The maximum Gasteiger partial charge on any atom is 0.234 e. The number of para-hydroxylation sites is 1. The molecule has 0 aliphatic carbocycles. The lowest BCUT2D eigenvalue weighted by Gasteiger charge is -2.17. The van der Waals surface area contributed by atoms with Gasteiger partial charge >= 0.3 is 0 Å². The number of nitrogens with one attached hydrogen (secondary N) is 3. The maximum absolute atomic E-state index is 12.2. The number of anilines is 2. The Hall–Kier alpha value is -3.20. The Labute approximate surface area is 158 Å². The summed E-state index contributed by atoms with van der Waals surface area (Å²) >= 11 is 1.36. The molecule has 0 saturated carbocycles. The van der Waals surface area contributed by atoms with Crippen LogP contribution in [0.2, 0.25) is 0 Å². The Bertz CT molecular complexity index is 1060. The summed E-state index contributed by atoms with van der Waals surface area (Å²) in [7, 11) is 0. The van der Waals surface area contributed by atoms with E-state index >= 15 is 0 Å². The molecule has 2 aliphatic heterocycles. The number of hydrogen-bond acceptors (Lipinski definition) is 7. The summed E-state index contributed by atoms with van der Waals surface area (Å²) in [5.41, 5.74) is 2.14. The number of fused-ring (bicyclic) bond motifs is 4. The molecule has 3 N–H and O–H groups in total. The van der Waals surface area contributed by atoms with Crippen LogP contribution >= 0.6 is 11.8 Å². The van der Waals surface area contributed by atoms with E-state index in [0.29, 0.717) is 17.2 Å². The molecule has 1 aromatic heterocycles. The van der Waals surface area contributed by atoms with Gasteiger partial charge in [0.2, 0.25) is 12.7 Å². The number of carbonyl (C=O) groups excluding carboxylic acids is 1. The van der Waals surface area contributed by atoms with Crippen LogP contribution < -0.4 is 20.1 Å². The zero-order valence-corrected chi connectivity index (χ0v) is 14.9. The summed E-state index contributed by atoms with van der Waals surface area (Å²) < 4.78 is 10.6. The first-order chi connectivity index (χ1) is 13.3. The first-order valence-corrected chi connectivity index (χ1v) is 9.40. The number of aromatic amines is 1. The highest BCUT2D eigenvalue weighted by molar-refractivity contribution is 8.00. The minimum Gasteiger partial charge on any atom is -0.454 e. The molecule has 9 heteroatoms. The molecule has 3 heterocycles. The van der Waals surface area contributed by atoms with Crippen LogP contribution in [0.25, 0.3) is 10.9 Å². The number of azo groups is 1. The summed E-state index contributed by atoms with van der Waals surface area (Å²) in [5.74, 6) is 2.25. The predicted molar refractivity (Wildman–Crippen MR) is 104 cm³/mol. The van der Waals surface area contributed by atoms with Crippen molar-refractivity contribution in [1.29, 1.82) is 0 Å². The molecule has 0 spiro atoms. The molecule has 0 saturated heterocycles. The Morgan fingerprint density at radius 1 is 1.22 bits per heavy atom. The van der Waals surface area contributed by atoms with Gasteiger partial charge in [0.15, 0.2) is 17.0 Å². The maximum atomic E-state index is 12.2. The predicted octanol–water partition coefficient (Wildman–Crippen LogP) is 4.06. The number of nitrogens with zero attached hydrogens (tertiary/aromatic N) is 2. The van der Waals surface area contributed by atoms with Crippen LogP contribution in [0.3, 0.4) is 0 Å². The van der Waals surface area contributed by atoms with E-state index < -0.39 is 0 Å². The van der Waals surface area contributed by atoms with Gasteiger partial charge in [-0.25, -0.2) is 0 Å². The number of hydrogen-bond donors (Lipinski definition) is 3. The fourth-order valence-corrected chi connectivity index (χ4v) is 3.70. The highest BCUT2D eigenvalue weighted by atomic mass is 32.2. The zero-order valence-electron chi connectivity index (χ0n) is 14.1. The van der Waals surface area contributed by atoms with Crippen LogP contribution in [0.5, 0.6) is 11.5 Å². The van der Waals surface area contributed by atoms with Gasteiger partial charge in [-0.05, 0) is 18.2 Å². The number of thioether (sulfide) groups is 1. The van der Waals surface area contributed by atoms with Crippen molar-refractivity contribution in [2.75, 3.05) is 23.2 Å². The fourth-order valence-electron chi connectivity index (χ4n) is 3.00. The molecule has 2 aliphatic rings. The molecule has 0 fully saturated rings. The molecule has 0 unspecified atom stereocenters. The Morgan fingerprint density at radius 3 is 3.07 bits per heavy atom. The third-order valence-electron chi connectivity index (χ3n) is 4.24. The average molecular weight is 381 g/mol. The van der Waals surface area contributed by atoms with Crippen molar-refractivity contribution in [3.63, 3.8) is 0 Å². The van der Waals surface area contributed by atoms with Crippen LogP contribution in [0, 0.1) is 0 Å². The minimum atomic E-state index is -0.326. The number of H-pyrrole nitrogens is 1. The molecule has 0 radical (unpaired) electrons. The monoisotopic (exact) mass is 381 g/mol. The SMILES string of the molecule is O=C(CS[C@H]1N=Nc2c([nH]c3ccccc23)N1)Nc1ccc2c(c1)OCO2. The second-order valence-corrected chi connectivity index (χ2v) is 7.10. The van der Waals surface area contributed by atoms with Gasteiger partial charge in [0.25, 0.3) is 0 Å². The number of aromatic nitrogens is 1.